The summed E-state index contributed by atoms with van der Waals surface area (Å²) < 4.78 is 0. The van der Waals surface area contributed by atoms with E-state index >= 15 is 0 Å². The van der Waals surface area contributed by atoms with E-state index < -0.39 is 0 Å². The number of alkyl halides is 1. The van der Waals surface area contributed by atoms with Crippen molar-refractivity contribution < 1.29 is 9.59 Å². The zero-order valence-corrected chi connectivity index (χ0v) is 18.1. The number of carbonyl (C=O) groups excluding carboxylic acids is 2. The third-order valence-electron chi connectivity index (χ3n) is 6.10. The summed E-state index contributed by atoms with van der Waals surface area (Å²) in [5, 5.41) is 0. The zero-order chi connectivity index (χ0) is 19.2. The first-order chi connectivity index (χ1) is 13.1. The Hall–Kier alpha value is -1.16. The number of fused-ring (bicyclic) bond motifs is 1. The van der Waals surface area contributed by atoms with E-state index in [1.54, 1.807) is 0 Å². The summed E-state index contributed by atoms with van der Waals surface area (Å²) in [4.78, 5) is 27.3. The molecule has 1 aromatic rings. The van der Waals surface area contributed by atoms with Crippen molar-refractivity contribution in [2.75, 3.05) is 11.4 Å². The van der Waals surface area contributed by atoms with Crippen LogP contribution in [0.4, 0.5) is 5.69 Å². The van der Waals surface area contributed by atoms with Gasteiger partial charge in [-0.3, -0.25) is 9.59 Å². The molecule has 1 saturated carbocycles. The first-order valence-corrected chi connectivity index (χ1v) is 11.6. The van der Waals surface area contributed by atoms with Crippen LogP contribution in [0, 0.1) is 5.92 Å². The van der Waals surface area contributed by atoms with E-state index in [2.05, 4.69) is 22.9 Å². The highest BCUT2D eigenvalue weighted by Gasteiger charge is 2.25. The second-order valence-electron chi connectivity index (χ2n) is 8.16. The largest absolute Gasteiger partial charge is 0.312 e. The van der Waals surface area contributed by atoms with Crippen LogP contribution in [-0.2, 0) is 11.2 Å². The lowest BCUT2D eigenvalue weighted by Gasteiger charge is -2.31. The second kappa shape index (κ2) is 9.86. The molecule has 1 aromatic carbocycles. The third-order valence-corrected chi connectivity index (χ3v) is 6.98. The minimum atomic E-state index is -0.114. The average Bonchev–Trinajstić information content (AvgIpc) is 2.71. The number of hydrogen-bond acceptors (Lipinski definition) is 2. The fourth-order valence-electron chi connectivity index (χ4n) is 4.51. The van der Waals surface area contributed by atoms with Crippen LogP contribution < -0.4 is 4.90 Å². The smallest absolute Gasteiger partial charge is 0.226 e. The van der Waals surface area contributed by atoms with Gasteiger partial charge in [-0.05, 0) is 55.4 Å². The number of benzene rings is 1. The predicted octanol–water partition coefficient (Wildman–Crippen LogP) is 6.07. The van der Waals surface area contributed by atoms with Crippen LogP contribution in [-0.4, -0.2) is 23.1 Å². The van der Waals surface area contributed by atoms with Gasteiger partial charge in [-0.1, -0.05) is 61.4 Å². The molecule has 1 amide bonds. The molecule has 1 unspecified atom stereocenters. The number of hydrogen-bond donors (Lipinski definition) is 0. The highest BCUT2D eigenvalue weighted by molar-refractivity contribution is 9.10. The molecule has 3 rings (SSSR count). The van der Waals surface area contributed by atoms with Crippen molar-refractivity contribution in [2.45, 2.75) is 82.4 Å². The molecule has 0 N–H and O–H groups in total. The number of Topliss-reactive ketones (excluding diaryl/α,β-unsaturated/α-hetero) is 1. The number of anilines is 1. The molecule has 1 aliphatic carbocycles. The van der Waals surface area contributed by atoms with Gasteiger partial charge in [0.25, 0.3) is 0 Å². The van der Waals surface area contributed by atoms with E-state index in [0.717, 1.165) is 61.4 Å². The number of ketones is 1. The molecule has 1 aliphatic heterocycles. The molecule has 2 aliphatic rings. The summed E-state index contributed by atoms with van der Waals surface area (Å²) in [6.45, 7) is 2.89. The number of amides is 1. The number of halogens is 1. The molecule has 1 atom stereocenters. The minimum absolute atomic E-state index is 0.114. The van der Waals surface area contributed by atoms with Crippen LogP contribution in [0.5, 0.6) is 0 Å². The highest BCUT2D eigenvalue weighted by Crippen LogP contribution is 2.32. The van der Waals surface area contributed by atoms with E-state index in [-0.39, 0.29) is 16.5 Å². The van der Waals surface area contributed by atoms with Crippen LogP contribution >= 0.6 is 15.9 Å². The standard InChI is InChI=1S/C23H32BrNO2/c1-2-7-20(24)23(27)19-12-13-21-18(16-19)10-6-15-25(21)22(26)14-11-17-8-4-3-5-9-17/h12-13,16-17,20H,2-11,14-15H2,1H3. The minimum Gasteiger partial charge on any atom is -0.312 e. The molecule has 0 spiro atoms. The fourth-order valence-corrected chi connectivity index (χ4v) is 5.24. The van der Waals surface area contributed by atoms with Gasteiger partial charge in [0, 0.05) is 24.2 Å². The lowest BCUT2D eigenvalue weighted by atomic mass is 9.86. The Morgan fingerprint density at radius 3 is 2.70 bits per heavy atom. The predicted molar refractivity (Wildman–Crippen MR) is 115 cm³/mol. The molecule has 0 aromatic heterocycles. The molecule has 1 fully saturated rings. The molecule has 0 bridgehead atoms. The maximum absolute atomic E-state index is 12.9. The van der Waals surface area contributed by atoms with Crippen molar-refractivity contribution in [3.05, 3.63) is 29.3 Å². The van der Waals surface area contributed by atoms with Crippen molar-refractivity contribution in [2.24, 2.45) is 5.92 Å². The monoisotopic (exact) mass is 433 g/mol. The van der Waals surface area contributed by atoms with Crippen molar-refractivity contribution in [3.63, 3.8) is 0 Å². The van der Waals surface area contributed by atoms with E-state index in [0.29, 0.717) is 6.42 Å². The first kappa shape index (κ1) is 20.6. The average molecular weight is 434 g/mol. The normalized spacial score (nSPS) is 18.8. The van der Waals surface area contributed by atoms with Crippen molar-refractivity contribution in [1.29, 1.82) is 0 Å². The summed E-state index contributed by atoms with van der Waals surface area (Å²) in [5.41, 5.74) is 2.93. The highest BCUT2D eigenvalue weighted by atomic mass is 79.9. The van der Waals surface area contributed by atoms with E-state index in [4.69, 9.17) is 0 Å². The quantitative estimate of drug-likeness (QED) is 0.386. The Labute approximate surface area is 172 Å². The Balaban J connectivity index is 1.66. The van der Waals surface area contributed by atoms with Crippen LogP contribution in [0.25, 0.3) is 0 Å². The lowest BCUT2D eigenvalue weighted by Crippen LogP contribution is -2.35. The maximum atomic E-state index is 12.9. The number of carbonyl (C=O) groups is 2. The topological polar surface area (TPSA) is 37.4 Å². The Morgan fingerprint density at radius 2 is 1.96 bits per heavy atom. The summed E-state index contributed by atoms with van der Waals surface area (Å²) in [6, 6.07) is 5.91. The van der Waals surface area contributed by atoms with Crippen LogP contribution in [0.3, 0.4) is 0 Å². The van der Waals surface area contributed by atoms with Gasteiger partial charge in [0.15, 0.2) is 5.78 Å². The van der Waals surface area contributed by atoms with Crippen molar-refractivity contribution in [3.8, 4) is 0 Å². The second-order valence-corrected chi connectivity index (χ2v) is 9.26. The first-order valence-electron chi connectivity index (χ1n) is 10.7. The Kier molecular flexibility index (Phi) is 7.51. The van der Waals surface area contributed by atoms with Gasteiger partial charge in [-0.25, -0.2) is 0 Å². The number of nitrogens with zero attached hydrogens (tertiary/aromatic N) is 1. The zero-order valence-electron chi connectivity index (χ0n) is 16.5. The molecule has 0 saturated heterocycles. The SMILES string of the molecule is CCCC(Br)C(=O)c1ccc2c(c1)CCCN2C(=O)CCC1CCCCC1. The molecular weight excluding hydrogens is 402 g/mol. The van der Waals surface area contributed by atoms with Gasteiger partial charge in [0.2, 0.25) is 5.91 Å². The van der Waals surface area contributed by atoms with Gasteiger partial charge >= 0.3 is 0 Å². The van der Waals surface area contributed by atoms with Gasteiger partial charge in [0.1, 0.15) is 0 Å². The molecular formula is C23H32BrNO2. The molecule has 4 heteroatoms. The maximum Gasteiger partial charge on any atom is 0.226 e. The molecule has 27 heavy (non-hydrogen) atoms. The molecule has 3 nitrogen and oxygen atoms in total. The van der Waals surface area contributed by atoms with Crippen molar-refractivity contribution in [1.82, 2.24) is 0 Å². The summed E-state index contributed by atoms with van der Waals surface area (Å²) in [6.07, 6.45) is 12.0. The van der Waals surface area contributed by atoms with Crippen LogP contribution in [0.1, 0.15) is 87.1 Å². The van der Waals surface area contributed by atoms with Crippen molar-refractivity contribution >= 4 is 33.3 Å². The number of rotatable bonds is 7. The van der Waals surface area contributed by atoms with Crippen LogP contribution in [0.15, 0.2) is 18.2 Å². The van der Waals surface area contributed by atoms with Gasteiger partial charge in [0.05, 0.1) is 4.83 Å². The fraction of sp³-hybridized carbons (Fsp3) is 0.652. The summed E-state index contributed by atoms with van der Waals surface area (Å²) in [5.74, 6) is 1.15. The van der Waals surface area contributed by atoms with E-state index in [9.17, 15) is 9.59 Å². The summed E-state index contributed by atoms with van der Waals surface area (Å²) in [7, 11) is 0. The van der Waals surface area contributed by atoms with E-state index in [1.807, 2.05) is 23.1 Å². The number of aryl methyl sites for hydroxylation is 1. The summed E-state index contributed by atoms with van der Waals surface area (Å²) >= 11 is 3.52. The third kappa shape index (κ3) is 5.22. The van der Waals surface area contributed by atoms with Crippen LogP contribution in [0.2, 0.25) is 0 Å². The Morgan fingerprint density at radius 1 is 1.19 bits per heavy atom. The molecule has 148 valence electrons. The molecule has 1 heterocycles. The van der Waals surface area contributed by atoms with Gasteiger partial charge in [-0.15, -0.1) is 0 Å². The van der Waals surface area contributed by atoms with Gasteiger partial charge in [-0.2, -0.15) is 0 Å². The molecule has 0 radical (unpaired) electrons. The van der Waals surface area contributed by atoms with Gasteiger partial charge < -0.3 is 4.90 Å². The Bertz CT molecular complexity index is 666. The van der Waals surface area contributed by atoms with E-state index in [1.165, 1.54) is 32.1 Å². The lowest BCUT2D eigenvalue weighted by molar-refractivity contribution is -0.119.